The molecule has 6 nitrogen and oxygen atoms in total. The van der Waals surface area contributed by atoms with Crippen molar-refractivity contribution in [3.8, 4) is 0 Å². The summed E-state index contributed by atoms with van der Waals surface area (Å²) < 4.78 is 20.6. The van der Waals surface area contributed by atoms with E-state index in [9.17, 15) is 14.3 Å². The van der Waals surface area contributed by atoms with E-state index in [4.69, 9.17) is 5.11 Å². The molecule has 120 valence electrons. The fourth-order valence-electron chi connectivity index (χ4n) is 1.86. The van der Waals surface area contributed by atoms with Crippen LogP contribution in [-0.2, 0) is 18.4 Å². The van der Waals surface area contributed by atoms with Crippen LogP contribution >= 0.6 is 7.82 Å². The Kier molecular flexibility index (Phi) is 11.0. The van der Waals surface area contributed by atoms with E-state index in [1.165, 1.54) is 26.2 Å². The van der Waals surface area contributed by atoms with E-state index in [1.807, 2.05) is 0 Å². The lowest BCUT2D eigenvalue weighted by molar-refractivity contribution is -0.146. The zero-order valence-corrected chi connectivity index (χ0v) is 13.3. The summed E-state index contributed by atoms with van der Waals surface area (Å²) in [5.41, 5.74) is 0. The van der Waals surface area contributed by atoms with Crippen LogP contribution in [0.5, 0.6) is 0 Å². The molecule has 0 heterocycles. The lowest BCUT2D eigenvalue weighted by Gasteiger charge is -2.17. The molecule has 0 aromatic rings. The van der Waals surface area contributed by atoms with Crippen LogP contribution in [0.25, 0.3) is 0 Å². The molecule has 20 heavy (non-hydrogen) atoms. The third-order valence-corrected chi connectivity index (χ3v) is 4.00. The van der Waals surface area contributed by atoms with Crippen LogP contribution in [0.15, 0.2) is 0 Å². The van der Waals surface area contributed by atoms with E-state index in [0.717, 1.165) is 19.3 Å². The Labute approximate surface area is 121 Å². The van der Waals surface area contributed by atoms with Gasteiger partial charge in [-0.2, -0.15) is 0 Å². The highest BCUT2D eigenvalue weighted by Gasteiger charge is 2.30. The van der Waals surface area contributed by atoms with E-state index >= 15 is 0 Å². The van der Waals surface area contributed by atoms with Crippen molar-refractivity contribution in [3.63, 3.8) is 0 Å². The fraction of sp³-hybridized carbons (Fsp3) is 0.923. The Morgan fingerprint density at radius 1 is 1.10 bits per heavy atom. The molecule has 0 aromatic heterocycles. The zero-order valence-electron chi connectivity index (χ0n) is 12.4. The summed E-state index contributed by atoms with van der Waals surface area (Å²) in [7, 11) is -4.25. The SMILES string of the molecule is CCCCCCCCCC(OP(=O)(O)OCC)C(=O)O. The summed E-state index contributed by atoms with van der Waals surface area (Å²) in [4.78, 5) is 20.3. The summed E-state index contributed by atoms with van der Waals surface area (Å²) in [6, 6.07) is 0. The quantitative estimate of drug-likeness (QED) is 0.397. The van der Waals surface area contributed by atoms with Crippen LogP contribution in [0.3, 0.4) is 0 Å². The highest BCUT2D eigenvalue weighted by atomic mass is 31.2. The predicted molar refractivity (Wildman–Crippen MR) is 76.6 cm³/mol. The van der Waals surface area contributed by atoms with Crippen LogP contribution in [0.2, 0.25) is 0 Å². The Hall–Kier alpha value is -0.420. The van der Waals surface area contributed by atoms with Crippen molar-refractivity contribution in [2.24, 2.45) is 0 Å². The van der Waals surface area contributed by atoms with Gasteiger partial charge in [0.2, 0.25) is 0 Å². The molecule has 0 aliphatic heterocycles. The first kappa shape index (κ1) is 19.6. The molecule has 0 rings (SSSR count). The Bertz CT molecular complexity index is 307. The number of unbranched alkanes of at least 4 members (excludes halogenated alkanes) is 6. The Morgan fingerprint density at radius 2 is 1.65 bits per heavy atom. The number of carboxylic acid groups (broad SMARTS) is 1. The van der Waals surface area contributed by atoms with E-state index in [-0.39, 0.29) is 13.0 Å². The van der Waals surface area contributed by atoms with Gasteiger partial charge in [0.05, 0.1) is 6.61 Å². The minimum absolute atomic E-state index is 0.00244. The van der Waals surface area contributed by atoms with Gasteiger partial charge in [-0.15, -0.1) is 0 Å². The van der Waals surface area contributed by atoms with E-state index < -0.39 is 19.9 Å². The number of carboxylic acids is 1. The lowest BCUT2D eigenvalue weighted by atomic mass is 10.1. The lowest BCUT2D eigenvalue weighted by Crippen LogP contribution is -2.23. The molecule has 2 N–H and O–H groups in total. The van der Waals surface area contributed by atoms with Crippen molar-refractivity contribution in [1.82, 2.24) is 0 Å². The molecule has 0 radical (unpaired) electrons. The van der Waals surface area contributed by atoms with Gasteiger partial charge in [0.25, 0.3) is 0 Å². The zero-order chi connectivity index (χ0) is 15.4. The van der Waals surface area contributed by atoms with Crippen LogP contribution in [-0.4, -0.2) is 28.7 Å². The number of carbonyl (C=O) groups is 1. The fourth-order valence-corrected chi connectivity index (χ4v) is 2.77. The van der Waals surface area contributed by atoms with Gasteiger partial charge in [-0.3, -0.25) is 9.05 Å². The number of hydrogen-bond acceptors (Lipinski definition) is 4. The molecule has 2 unspecified atom stereocenters. The van der Waals surface area contributed by atoms with Crippen molar-refractivity contribution in [2.45, 2.75) is 71.3 Å². The molecular formula is C13H27O6P. The van der Waals surface area contributed by atoms with Crippen LogP contribution in [0, 0.1) is 0 Å². The molecule has 2 atom stereocenters. The van der Waals surface area contributed by atoms with E-state index in [1.54, 1.807) is 0 Å². The number of phosphoric acid groups is 1. The van der Waals surface area contributed by atoms with Crippen LogP contribution < -0.4 is 0 Å². The number of rotatable bonds is 13. The minimum Gasteiger partial charge on any atom is -0.479 e. The molecule has 0 aliphatic rings. The average Bonchev–Trinajstić information content (AvgIpc) is 2.35. The van der Waals surface area contributed by atoms with Crippen molar-refractivity contribution >= 4 is 13.8 Å². The number of phosphoric ester groups is 1. The van der Waals surface area contributed by atoms with Gasteiger partial charge < -0.3 is 10.00 Å². The molecule has 0 aromatic carbocycles. The normalized spacial score (nSPS) is 15.8. The molecule has 0 amide bonds. The van der Waals surface area contributed by atoms with Crippen LogP contribution in [0.4, 0.5) is 0 Å². The van der Waals surface area contributed by atoms with Gasteiger partial charge in [0, 0.05) is 0 Å². The van der Waals surface area contributed by atoms with E-state index in [0.29, 0.717) is 6.42 Å². The third kappa shape index (κ3) is 10.4. The Balaban J connectivity index is 3.92. The first-order chi connectivity index (χ1) is 9.43. The first-order valence-electron chi connectivity index (χ1n) is 7.31. The van der Waals surface area contributed by atoms with Crippen molar-refractivity contribution in [3.05, 3.63) is 0 Å². The summed E-state index contributed by atoms with van der Waals surface area (Å²) in [5.74, 6) is -1.23. The monoisotopic (exact) mass is 310 g/mol. The second-order valence-corrected chi connectivity index (χ2v) is 6.13. The average molecular weight is 310 g/mol. The summed E-state index contributed by atoms with van der Waals surface area (Å²) in [5, 5.41) is 8.96. The topological polar surface area (TPSA) is 93.1 Å². The molecule has 7 heteroatoms. The first-order valence-corrected chi connectivity index (χ1v) is 8.81. The van der Waals surface area contributed by atoms with Crippen molar-refractivity contribution in [2.75, 3.05) is 6.61 Å². The standard InChI is InChI=1S/C13H27O6P/c1-3-5-6-7-8-9-10-11-12(13(14)15)19-20(16,17)18-4-2/h12H,3-11H2,1-2H3,(H,14,15)(H,16,17). The number of aliphatic carboxylic acids is 1. The molecule has 0 saturated carbocycles. The van der Waals surface area contributed by atoms with Gasteiger partial charge in [0.15, 0.2) is 6.10 Å². The maximum Gasteiger partial charge on any atom is 0.473 e. The maximum atomic E-state index is 11.4. The van der Waals surface area contributed by atoms with Gasteiger partial charge >= 0.3 is 13.8 Å². The van der Waals surface area contributed by atoms with Gasteiger partial charge in [-0.1, -0.05) is 51.9 Å². The second-order valence-electron chi connectivity index (χ2n) is 4.73. The smallest absolute Gasteiger partial charge is 0.473 e. The Morgan fingerprint density at radius 3 is 2.15 bits per heavy atom. The van der Waals surface area contributed by atoms with Gasteiger partial charge in [-0.25, -0.2) is 9.36 Å². The number of hydrogen-bond donors (Lipinski definition) is 2. The largest absolute Gasteiger partial charge is 0.479 e. The predicted octanol–water partition coefficient (Wildman–Crippen LogP) is 3.73. The third-order valence-electron chi connectivity index (χ3n) is 2.90. The van der Waals surface area contributed by atoms with Gasteiger partial charge in [0.1, 0.15) is 0 Å². The molecule has 0 saturated heterocycles. The van der Waals surface area contributed by atoms with Crippen molar-refractivity contribution < 1.29 is 28.4 Å². The molecular weight excluding hydrogens is 283 g/mol. The van der Waals surface area contributed by atoms with Crippen molar-refractivity contribution in [1.29, 1.82) is 0 Å². The highest BCUT2D eigenvalue weighted by Crippen LogP contribution is 2.45. The van der Waals surface area contributed by atoms with E-state index in [2.05, 4.69) is 16.0 Å². The highest BCUT2D eigenvalue weighted by molar-refractivity contribution is 7.47. The van der Waals surface area contributed by atoms with Crippen LogP contribution in [0.1, 0.15) is 65.2 Å². The second kappa shape index (κ2) is 11.3. The molecule has 0 fully saturated rings. The minimum atomic E-state index is -4.25. The molecule has 0 bridgehead atoms. The maximum absolute atomic E-state index is 11.4. The summed E-state index contributed by atoms with van der Waals surface area (Å²) >= 11 is 0. The molecule has 0 aliphatic carbocycles. The summed E-state index contributed by atoms with van der Waals surface area (Å²) in [6.07, 6.45) is 6.32. The van der Waals surface area contributed by atoms with Gasteiger partial charge in [-0.05, 0) is 13.3 Å². The molecule has 0 spiro atoms. The summed E-state index contributed by atoms with van der Waals surface area (Å²) in [6.45, 7) is 3.69.